The van der Waals surface area contributed by atoms with Crippen molar-refractivity contribution in [1.29, 1.82) is 0 Å². The van der Waals surface area contributed by atoms with E-state index >= 15 is 0 Å². The molecule has 0 atom stereocenters. The summed E-state index contributed by atoms with van der Waals surface area (Å²) >= 11 is 4.14. The number of rotatable bonds is 12. The SMILES string of the molecule is C=C(C)C(=O)Oc1ccc(C2SCC(CCCCCCCCCC)CS2)cc1. The van der Waals surface area contributed by atoms with Crippen molar-refractivity contribution in [2.45, 2.75) is 76.2 Å². The number of benzene rings is 1. The molecule has 2 nitrogen and oxygen atoms in total. The number of unbranched alkanes of at least 4 members (excludes halogenated alkanes) is 7. The Bertz CT molecular complexity index is 589. The van der Waals surface area contributed by atoms with Crippen LogP contribution in [-0.2, 0) is 4.79 Å². The molecule has 0 amide bonds. The Kier molecular flexibility index (Phi) is 11.2. The summed E-state index contributed by atoms with van der Waals surface area (Å²) in [6.07, 6.45) is 12.6. The van der Waals surface area contributed by atoms with Gasteiger partial charge >= 0.3 is 5.97 Å². The van der Waals surface area contributed by atoms with Crippen LogP contribution in [0.4, 0.5) is 0 Å². The maximum absolute atomic E-state index is 11.6. The molecule has 1 heterocycles. The summed E-state index contributed by atoms with van der Waals surface area (Å²) in [5.41, 5.74) is 1.74. The van der Waals surface area contributed by atoms with E-state index in [1.807, 2.05) is 12.1 Å². The minimum atomic E-state index is -0.363. The van der Waals surface area contributed by atoms with Crippen molar-refractivity contribution in [3.63, 3.8) is 0 Å². The van der Waals surface area contributed by atoms with Crippen molar-refractivity contribution >= 4 is 29.5 Å². The molecule has 28 heavy (non-hydrogen) atoms. The van der Waals surface area contributed by atoms with Gasteiger partial charge in [0.2, 0.25) is 0 Å². The van der Waals surface area contributed by atoms with Gasteiger partial charge in [0.15, 0.2) is 0 Å². The number of thioether (sulfide) groups is 2. The molecule has 1 aliphatic rings. The third-order valence-electron chi connectivity index (χ3n) is 5.14. The monoisotopic (exact) mass is 420 g/mol. The predicted molar refractivity (Wildman–Crippen MR) is 125 cm³/mol. The zero-order chi connectivity index (χ0) is 20.2. The van der Waals surface area contributed by atoms with E-state index in [4.69, 9.17) is 4.74 Å². The molecule has 0 N–H and O–H groups in total. The molecule has 1 aromatic rings. The van der Waals surface area contributed by atoms with Crippen LogP contribution < -0.4 is 4.74 Å². The fourth-order valence-corrected chi connectivity index (χ4v) is 6.52. The zero-order valence-electron chi connectivity index (χ0n) is 17.6. The molecule has 1 fully saturated rings. The maximum Gasteiger partial charge on any atom is 0.338 e. The largest absolute Gasteiger partial charge is 0.423 e. The average molecular weight is 421 g/mol. The molecule has 0 aromatic heterocycles. The summed E-state index contributed by atoms with van der Waals surface area (Å²) in [6.45, 7) is 7.56. The fraction of sp³-hybridized carbons (Fsp3) is 0.625. The van der Waals surface area contributed by atoms with Gasteiger partial charge in [0.05, 0.1) is 4.58 Å². The van der Waals surface area contributed by atoms with Gasteiger partial charge in [0.25, 0.3) is 0 Å². The number of esters is 1. The van der Waals surface area contributed by atoms with Crippen LogP contribution in [0.3, 0.4) is 0 Å². The van der Waals surface area contributed by atoms with E-state index in [9.17, 15) is 4.79 Å². The summed E-state index contributed by atoms with van der Waals surface area (Å²) in [4.78, 5) is 11.6. The smallest absolute Gasteiger partial charge is 0.338 e. The summed E-state index contributed by atoms with van der Waals surface area (Å²) in [7, 11) is 0. The molecule has 1 aliphatic heterocycles. The van der Waals surface area contributed by atoms with Crippen LogP contribution in [0, 0.1) is 5.92 Å². The van der Waals surface area contributed by atoms with E-state index in [2.05, 4.69) is 49.2 Å². The van der Waals surface area contributed by atoms with Crippen molar-refractivity contribution in [2.24, 2.45) is 5.92 Å². The number of hydrogen-bond donors (Lipinski definition) is 0. The lowest BCUT2D eigenvalue weighted by Gasteiger charge is -2.28. The second kappa shape index (κ2) is 13.4. The van der Waals surface area contributed by atoms with Gasteiger partial charge in [0, 0.05) is 5.57 Å². The molecule has 0 saturated carbocycles. The first-order valence-corrected chi connectivity index (χ1v) is 12.9. The van der Waals surface area contributed by atoms with Crippen molar-refractivity contribution in [2.75, 3.05) is 11.5 Å². The fourth-order valence-electron chi connectivity index (χ4n) is 3.36. The number of hydrogen-bond acceptors (Lipinski definition) is 4. The van der Waals surface area contributed by atoms with Crippen LogP contribution in [0.15, 0.2) is 36.4 Å². The first-order chi connectivity index (χ1) is 13.6. The van der Waals surface area contributed by atoms with Gasteiger partial charge in [-0.25, -0.2) is 4.79 Å². The molecule has 0 unspecified atom stereocenters. The number of carbonyl (C=O) groups excluding carboxylic acids is 1. The molecule has 0 bridgehead atoms. The Morgan fingerprint density at radius 1 is 1.00 bits per heavy atom. The molecular weight excluding hydrogens is 384 g/mol. The topological polar surface area (TPSA) is 26.3 Å². The lowest BCUT2D eigenvalue weighted by molar-refractivity contribution is -0.130. The van der Waals surface area contributed by atoms with E-state index in [1.54, 1.807) is 6.92 Å². The lowest BCUT2D eigenvalue weighted by Crippen LogP contribution is -2.14. The minimum absolute atomic E-state index is 0.363. The first kappa shape index (κ1) is 23.4. The molecular formula is C24H36O2S2. The quantitative estimate of drug-likeness (QED) is 0.149. The standard InChI is InChI=1S/C24H36O2S2/c1-4-5-6-7-8-9-10-11-12-20-17-27-24(28-18-20)21-13-15-22(16-14-21)26-23(25)19(2)3/h13-16,20,24H,2,4-12,17-18H2,1,3H3. The molecule has 156 valence electrons. The normalized spacial score (nSPS) is 19.4. The van der Waals surface area contributed by atoms with Crippen LogP contribution in [0.25, 0.3) is 0 Å². The van der Waals surface area contributed by atoms with E-state index in [-0.39, 0.29) is 5.97 Å². The Morgan fingerprint density at radius 3 is 2.14 bits per heavy atom. The van der Waals surface area contributed by atoms with Crippen LogP contribution in [0.1, 0.15) is 81.8 Å². The highest BCUT2D eigenvalue weighted by molar-refractivity contribution is 8.16. The summed E-state index contributed by atoms with van der Waals surface area (Å²) in [5, 5.41) is 0. The Labute approximate surface area is 180 Å². The summed E-state index contributed by atoms with van der Waals surface area (Å²) in [5.74, 6) is 3.62. The van der Waals surface area contributed by atoms with E-state index in [1.165, 1.54) is 74.9 Å². The number of carbonyl (C=O) groups is 1. The van der Waals surface area contributed by atoms with Crippen molar-refractivity contribution in [3.8, 4) is 5.75 Å². The van der Waals surface area contributed by atoms with Gasteiger partial charge in [-0.05, 0) is 48.5 Å². The van der Waals surface area contributed by atoms with Crippen LogP contribution in [0.5, 0.6) is 5.75 Å². The second-order valence-corrected chi connectivity index (χ2v) is 10.4. The van der Waals surface area contributed by atoms with Crippen LogP contribution >= 0.6 is 23.5 Å². The minimum Gasteiger partial charge on any atom is -0.423 e. The predicted octanol–water partition coefficient (Wildman–Crippen LogP) is 7.79. The Balaban J connectivity index is 1.61. The van der Waals surface area contributed by atoms with Crippen molar-refractivity contribution in [3.05, 3.63) is 42.0 Å². The van der Waals surface area contributed by atoms with Crippen LogP contribution in [0.2, 0.25) is 0 Å². The molecule has 0 spiro atoms. The third kappa shape index (κ3) is 8.65. The second-order valence-electron chi connectivity index (χ2n) is 7.87. The highest BCUT2D eigenvalue weighted by Gasteiger charge is 2.23. The molecule has 1 aromatic carbocycles. The Hall–Kier alpha value is -0.870. The highest BCUT2D eigenvalue weighted by atomic mass is 32.2. The van der Waals surface area contributed by atoms with Gasteiger partial charge in [-0.15, -0.1) is 23.5 Å². The van der Waals surface area contributed by atoms with E-state index < -0.39 is 0 Å². The van der Waals surface area contributed by atoms with Gasteiger partial charge < -0.3 is 4.74 Å². The lowest BCUT2D eigenvalue weighted by atomic mass is 10.0. The van der Waals surface area contributed by atoms with Gasteiger partial charge in [0.1, 0.15) is 5.75 Å². The highest BCUT2D eigenvalue weighted by Crippen LogP contribution is 2.46. The maximum atomic E-state index is 11.6. The zero-order valence-corrected chi connectivity index (χ0v) is 19.2. The summed E-state index contributed by atoms with van der Waals surface area (Å²) in [6, 6.07) is 7.96. The van der Waals surface area contributed by atoms with E-state index in [0.717, 1.165) is 5.92 Å². The van der Waals surface area contributed by atoms with Crippen molar-refractivity contribution in [1.82, 2.24) is 0 Å². The third-order valence-corrected chi connectivity index (χ3v) is 8.44. The van der Waals surface area contributed by atoms with Crippen LogP contribution in [-0.4, -0.2) is 17.5 Å². The molecule has 0 radical (unpaired) electrons. The van der Waals surface area contributed by atoms with Gasteiger partial charge in [-0.1, -0.05) is 77.0 Å². The number of ether oxygens (including phenoxy) is 1. The summed E-state index contributed by atoms with van der Waals surface area (Å²) < 4.78 is 5.78. The first-order valence-electron chi connectivity index (χ1n) is 10.8. The van der Waals surface area contributed by atoms with Gasteiger partial charge in [-0.2, -0.15) is 0 Å². The molecule has 1 saturated heterocycles. The molecule has 2 rings (SSSR count). The molecule has 4 heteroatoms. The Morgan fingerprint density at radius 2 is 1.57 bits per heavy atom. The average Bonchev–Trinajstić information content (AvgIpc) is 2.71. The van der Waals surface area contributed by atoms with Gasteiger partial charge in [-0.3, -0.25) is 0 Å². The van der Waals surface area contributed by atoms with Crippen molar-refractivity contribution < 1.29 is 9.53 Å². The van der Waals surface area contributed by atoms with E-state index in [0.29, 0.717) is 15.9 Å². The molecule has 0 aliphatic carbocycles.